The first-order chi connectivity index (χ1) is 21.7. The molecule has 3 N–H and O–H groups in total. The first-order valence-corrected chi connectivity index (χ1v) is 15.3. The average Bonchev–Trinajstić information content (AvgIpc) is 3.07. The molecule has 0 saturated heterocycles. The first-order valence-electron chi connectivity index (χ1n) is 15.3. The lowest BCUT2D eigenvalue weighted by molar-refractivity contribution is -0.124. The second-order valence-corrected chi connectivity index (χ2v) is 11.9. The minimum absolute atomic E-state index is 0.0994. The number of carbonyl (C=O) groups excluding carboxylic acids is 2. The van der Waals surface area contributed by atoms with E-state index in [0.717, 1.165) is 11.1 Å². The summed E-state index contributed by atoms with van der Waals surface area (Å²) in [6, 6.07) is 32.1. The van der Waals surface area contributed by atoms with Crippen LogP contribution in [0.1, 0.15) is 41.4 Å². The van der Waals surface area contributed by atoms with Crippen molar-refractivity contribution in [2.24, 2.45) is 5.92 Å². The fraction of sp³-hybridized carbons (Fsp3) is 0.297. The zero-order valence-corrected chi connectivity index (χ0v) is 26.0. The number of hydrogen-bond acceptors (Lipinski definition) is 6. The molecular weight excluding hydrogens is 566 g/mol. The molecule has 0 unspecified atom stereocenters. The van der Waals surface area contributed by atoms with Crippen LogP contribution in [0.2, 0.25) is 0 Å². The Morgan fingerprint density at radius 3 is 2.27 bits per heavy atom. The monoisotopic (exact) mass is 607 g/mol. The van der Waals surface area contributed by atoms with Crippen LogP contribution < -0.4 is 10.1 Å². The SMILES string of the molecule is C[C@@H]1CN([C@@H](C)CO)C(=O)c2cccc(NC(=O)[C@H](O)c3ccccc3)c2O[C@@H]1CN(C)Cc1ccc(-c2ccccc2)cc1. The average molecular weight is 608 g/mol. The normalized spacial score (nSPS) is 17.9. The largest absolute Gasteiger partial charge is 0.486 e. The number of nitrogens with one attached hydrogen (secondary N) is 1. The van der Waals surface area contributed by atoms with E-state index in [1.165, 1.54) is 5.56 Å². The van der Waals surface area contributed by atoms with E-state index in [1.54, 1.807) is 47.4 Å². The summed E-state index contributed by atoms with van der Waals surface area (Å²) in [6.07, 6.45) is -1.75. The van der Waals surface area contributed by atoms with Gasteiger partial charge >= 0.3 is 0 Å². The van der Waals surface area contributed by atoms with Gasteiger partial charge in [-0.15, -0.1) is 0 Å². The van der Waals surface area contributed by atoms with Crippen LogP contribution in [-0.4, -0.2) is 70.7 Å². The van der Waals surface area contributed by atoms with Crippen molar-refractivity contribution in [3.05, 3.63) is 120 Å². The van der Waals surface area contributed by atoms with E-state index in [0.29, 0.717) is 36.4 Å². The fourth-order valence-corrected chi connectivity index (χ4v) is 5.66. The van der Waals surface area contributed by atoms with Crippen molar-refractivity contribution in [1.82, 2.24) is 9.80 Å². The molecule has 0 saturated carbocycles. The Balaban J connectivity index is 1.39. The molecule has 0 spiro atoms. The highest BCUT2D eigenvalue weighted by molar-refractivity contribution is 6.02. The van der Waals surface area contributed by atoms with E-state index in [2.05, 4.69) is 46.6 Å². The summed E-state index contributed by atoms with van der Waals surface area (Å²) >= 11 is 0. The third kappa shape index (κ3) is 7.60. The van der Waals surface area contributed by atoms with Crippen LogP contribution in [0.25, 0.3) is 11.1 Å². The van der Waals surface area contributed by atoms with Gasteiger partial charge in [0.1, 0.15) is 6.10 Å². The van der Waals surface area contributed by atoms with E-state index >= 15 is 0 Å². The number of rotatable bonds is 10. The van der Waals surface area contributed by atoms with Gasteiger partial charge in [-0.1, -0.05) is 97.9 Å². The Morgan fingerprint density at radius 2 is 1.60 bits per heavy atom. The van der Waals surface area contributed by atoms with Crippen LogP contribution in [0, 0.1) is 5.92 Å². The Bertz CT molecular complexity index is 1580. The van der Waals surface area contributed by atoms with Crippen molar-refractivity contribution >= 4 is 17.5 Å². The molecule has 0 aromatic heterocycles. The number of amides is 2. The summed E-state index contributed by atoms with van der Waals surface area (Å²) in [7, 11) is 2.03. The van der Waals surface area contributed by atoms with Gasteiger partial charge in [0.15, 0.2) is 11.9 Å². The van der Waals surface area contributed by atoms with Crippen LogP contribution in [-0.2, 0) is 11.3 Å². The van der Waals surface area contributed by atoms with Crippen LogP contribution in [0.5, 0.6) is 5.75 Å². The zero-order valence-electron chi connectivity index (χ0n) is 26.0. The van der Waals surface area contributed by atoms with E-state index < -0.39 is 18.1 Å². The first kappa shape index (κ1) is 31.9. The highest BCUT2D eigenvalue weighted by Crippen LogP contribution is 2.35. The topological polar surface area (TPSA) is 102 Å². The molecule has 0 aliphatic carbocycles. The van der Waals surface area contributed by atoms with Gasteiger partial charge in [-0.2, -0.15) is 0 Å². The third-order valence-corrected chi connectivity index (χ3v) is 8.32. The number of likely N-dealkylation sites (N-methyl/N-ethyl adjacent to an activating group) is 1. The number of benzene rings is 4. The smallest absolute Gasteiger partial charge is 0.258 e. The van der Waals surface area contributed by atoms with Gasteiger partial charge in [-0.3, -0.25) is 14.5 Å². The standard InChI is InChI=1S/C37H41N3O5/c1-25-21-40(26(2)24-41)37(44)31-15-10-16-32(38-36(43)34(42)30-13-8-5-9-14-30)35(31)45-33(25)23-39(3)22-27-17-19-29(20-18-27)28-11-6-4-7-12-28/h4-20,25-26,33-34,41-42H,21-24H2,1-3H3,(H,38,43)/t25-,26+,33-,34-/m1/s1. The van der Waals surface area contributed by atoms with Crippen molar-refractivity contribution in [2.45, 2.75) is 38.6 Å². The zero-order chi connectivity index (χ0) is 31.9. The molecule has 4 atom stereocenters. The highest BCUT2D eigenvalue weighted by Gasteiger charge is 2.35. The van der Waals surface area contributed by atoms with E-state index in [1.807, 2.05) is 45.2 Å². The van der Waals surface area contributed by atoms with Gasteiger partial charge in [-0.05, 0) is 48.4 Å². The van der Waals surface area contributed by atoms with E-state index in [9.17, 15) is 19.8 Å². The number of aliphatic hydroxyl groups is 2. The predicted molar refractivity (Wildman–Crippen MR) is 176 cm³/mol. The maximum atomic E-state index is 13.8. The van der Waals surface area contributed by atoms with Crippen LogP contribution in [0.3, 0.4) is 0 Å². The number of para-hydroxylation sites is 1. The Morgan fingerprint density at radius 1 is 0.956 bits per heavy atom. The van der Waals surface area contributed by atoms with Gasteiger partial charge < -0.3 is 25.2 Å². The van der Waals surface area contributed by atoms with Crippen LogP contribution in [0.4, 0.5) is 5.69 Å². The number of anilines is 1. The quantitative estimate of drug-likeness (QED) is 0.224. The molecule has 1 aliphatic rings. The summed E-state index contributed by atoms with van der Waals surface area (Å²) in [5.74, 6) is -0.765. The van der Waals surface area contributed by atoms with Gasteiger partial charge in [0, 0.05) is 25.6 Å². The molecule has 45 heavy (non-hydrogen) atoms. The van der Waals surface area contributed by atoms with Crippen molar-refractivity contribution < 1.29 is 24.5 Å². The van der Waals surface area contributed by atoms with Crippen LogP contribution in [0.15, 0.2) is 103 Å². The molecule has 4 aromatic carbocycles. The Labute approximate surface area is 264 Å². The molecule has 234 valence electrons. The number of hydrogen-bond donors (Lipinski definition) is 3. The molecule has 2 amide bonds. The molecule has 0 bridgehead atoms. The number of carbonyl (C=O) groups is 2. The van der Waals surface area contributed by atoms with Gasteiger partial charge in [0.05, 0.1) is 23.9 Å². The Kier molecular flexibility index (Phi) is 10.3. The minimum Gasteiger partial charge on any atom is -0.486 e. The third-order valence-electron chi connectivity index (χ3n) is 8.32. The molecular formula is C37H41N3O5. The van der Waals surface area contributed by atoms with E-state index in [4.69, 9.17) is 4.74 Å². The molecule has 8 nitrogen and oxygen atoms in total. The minimum atomic E-state index is -1.40. The van der Waals surface area contributed by atoms with Crippen molar-refractivity contribution in [3.8, 4) is 16.9 Å². The van der Waals surface area contributed by atoms with Crippen molar-refractivity contribution in [1.29, 1.82) is 0 Å². The van der Waals surface area contributed by atoms with Gasteiger partial charge in [-0.25, -0.2) is 0 Å². The maximum absolute atomic E-state index is 13.8. The second-order valence-electron chi connectivity index (χ2n) is 11.9. The summed E-state index contributed by atoms with van der Waals surface area (Å²) in [5.41, 5.74) is 4.53. The number of fused-ring (bicyclic) bond motifs is 1. The highest BCUT2D eigenvalue weighted by atomic mass is 16.5. The lowest BCUT2D eigenvalue weighted by atomic mass is 9.98. The second kappa shape index (κ2) is 14.5. The number of aliphatic hydroxyl groups excluding tert-OH is 2. The lowest BCUT2D eigenvalue weighted by Crippen LogP contribution is -2.49. The van der Waals surface area contributed by atoms with Gasteiger partial charge in [0.2, 0.25) is 0 Å². The van der Waals surface area contributed by atoms with Crippen molar-refractivity contribution in [2.75, 3.05) is 32.1 Å². The fourth-order valence-electron chi connectivity index (χ4n) is 5.66. The summed E-state index contributed by atoms with van der Waals surface area (Å²) in [5, 5.41) is 23.5. The predicted octanol–water partition coefficient (Wildman–Crippen LogP) is 5.38. The van der Waals surface area contributed by atoms with Crippen LogP contribution >= 0.6 is 0 Å². The molecule has 8 heteroatoms. The molecule has 4 aromatic rings. The molecule has 1 heterocycles. The molecule has 0 fully saturated rings. The molecule has 0 radical (unpaired) electrons. The number of ether oxygens (including phenoxy) is 1. The maximum Gasteiger partial charge on any atom is 0.258 e. The van der Waals surface area contributed by atoms with Gasteiger partial charge in [0.25, 0.3) is 11.8 Å². The summed E-state index contributed by atoms with van der Waals surface area (Å²) in [6.45, 7) is 5.29. The Hall–Kier alpha value is -4.50. The van der Waals surface area contributed by atoms with E-state index in [-0.39, 0.29) is 30.3 Å². The van der Waals surface area contributed by atoms with Crippen molar-refractivity contribution in [3.63, 3.8) is 0 Å². The summed E-state index contributed by atoms with van der Waals surface area (Å²) < 4.78 is 6.64. The summed E-state index contributed by atoms with van der Waals surface area (Å²) in [4.78, 5) is 30.8. The molecule has 5 rings (SSSR count). The molecule has 1 aliphatic heterocycles. The lowest BCUT2D eigenvalue weighted by Gasteiger charge is -2.38. The number of nitrogens with zero attached hydrogens (tertiary/aromatic N) is 2.